The molecule has 1 aliphatic heterocycles. The Morgan fingerprint density at radius 1 is 0.974 bits per heavy atom. The Labute approximate surface area is 227 Å². The van der Waals surface area contributed by atoms with Crippen molar-refractivity contribution in [3.8, 4) is 0 Å². The monoisotopic (exact) mass is 559 g/mol. The third-order valence-electron chi connectivity index (χ3n) is 6.80. The van der Waals surface area contributed by atoms with Gasteiger partial charge in [0.1, 0.15) is 0 Å². The molecule has 2 N–H and O–H groups in total. The van der Waals surface area contributed by atoms with Gasteiger partial charge >= 0.3 is 6.18 Å². The van der Waals surface area contributed by atoms with Crippen LogP contribution in [0.1, 0.15) is 48.7 Å². The van der Waals surface area contributed by atoms with E-state index < -0.39 is 32.6 Å². The normalized spacial score (nSPS) is 18.1. The second kappa shape index (κ2) is 11.3. The molecule has 0 saturated carbocycles. The third-order valence-corrected chi connectivity index (χ3v) is 8.17. The lowest BCUT2D eigenvalue weighted by Crippen LogP contribution is -2.39. The van der Waals surface area contributed by atoms with Crippen LogP contribution in [0.4, 0.5) is 30.2 Å². The second-order valence-corrected chi connectivity index (χ2v) is 11.9. The molecule has 0 bridgehead atoms. The summed E-state index contributed by atoms with van der Waals surface area (Å²) in [6, 6.07) is 15.7. The Balaban J connectivity index is 1.70. The number of amides is 1. The van der Waals surface area contributed by atoms with Gasteiger partial charge in [0.25, 0.3) is 15.9 Å². The van der Waals surface area contributed by atoms with Gasteiger partial charge in [-0.05, 0) is 78.8 Å². The van der Waals surface area contributed by atoms with E-state index in [1.54, 1.807) is 24.3 Å². The van der Waals surface area contributed by atoms with Gasteiger partial charge < -0.3 is 10.2 Å². The number of anilines is 3. The number of sulfonamides is 1. The maximum absolute atomic E-state index is 13.3. The zero-order valence-electron chi connectivity index (χ0n) is 22.0. The molecule has 0 spiro atoms. The summed E-state index contributed by atoms with van der Waals surface area (Å²) >= 11 is 0. The number of carbonyl (C=O) groups is 1. The molecule has 2 atom stereocenters. The van der Waals surface area contributed by atoms with Crippen molar-refractivity contribution in [1.29, 1.82) is 0 Å². The molecular formula is C29H32F3N3O3S. The van der Waals surface area contributed by atoms with Gasteiger partial charge in [0, 0.05) is 24.3 Å². The number of benzene rings is 3. The third kappa shape index (κ3) is 6.92. The molecule has 1 amide bonds. The van der Waals surface area contributed by atoms with E-state index in [0.717, 1.165) is 36.6 Å². The van der Waals surface area contributed by atoms with Crippen LogP contribution in [0.2, 0.25) is 0 Å². The number of alkyl halides is 3. The number of rotatable bonds is 7. The number of nitrogens with one attached hydrogen (secondary N) is 2. The summed E-state index contributed by atoms with van der Waals surface area (Å²) in [5, 5.41) is 2.81. The van der Waals surface area contributed by atoms with Gasteiger partial charge in [0.15, 0.2) is 0 Å². The lowest BCUT2D eigenvalue weighted by Gasteiger charge is -2.37. The van der Waals surface area contributed by atoms with Crippen LogP contribution in [0.25, 0.3) is 0 Å². The standard InChI is InChI=1S/C29H32F3N3O3S/c1-4-21-8-11-24(12-9-21)33-28(36)22-10-13-27(35-17-19(2)14-20(3)18-35)26(15-22)34-39(37,38)25-7-5-6-23(16-25)29(30,31)32/h5-13,15-16,19-20,34H,4,14,17-18H2,1-3H3,(H,33,36)/t19-,20-/m1/s1. The maximum atomic E-state index is 13.3. The number of nitrogens with zero attached hydrogens (tertiary/aromatic N) is 1. The topological polar surface area (TPSA) is 78.5 Å². The average Bonchev–Trinajstić information content (AvgIpc) is 2.88. The van der Waals surface area contributed by atoms with Crippen LogP contribution in [-0.2, 0) is 22.6 Å². The first-order chi connectivity index (χ1) is 18.4. The summed E-state index contributed by atoms with van der Waals surface area (Å²) < 4.78 is 68.8. The van der Waals surface area contributed by atoms with Gasteiger partial charge in [-0.2, -0.15) is 13.2 Å². The summed E-state index contributed by atoms with van der Waals surface area (Å²) in [6.45, 7) is 7.61. The molecule has 4 rings (SSSR count). The van der Waals surface area contributed by atoms with E-state index in [1.165, 1.54) is 6.07 Å². The fraction of sp³-hybridized carbons (Fsp3) is 0.345. The van der Waals surface area contributed by atoms with Crippen molar-refractivity contribution >= 4 is 33.0 Å². The minimum absolute atomic E-state index is 0.127. The highest BCUT2D eigenvalue weighted by Gasteiger charge is 2.32. The molecule has 1 saturated heterocycles. The van der Waals surface area contributed by atoms with Crippen molar-refractivity contribution in [2.75, 3.05) is 28.0 Å². The first-order valence-electron chi connectivity index (χ1n) is 12.8. The summed E-state index contributed by atoms with van der Waals surface area (Å²) in [7, 11) is -4.40. The Morgan fingerprint density at radius 3 is 2.26 bits per heavy atom. The molecule has 0 aliphatic carbocycles. The Bertz CT molecular complexity index is 1430. The van der Waals surface area contributed by atoms with Gasteiger partial charge in [0.05, 0.1) is 21.8 Å². The summed E-state index contributed by atoms with van der Waals surface area (Å²) in [6.07, 6.45) is -2.80. The predicted octanol–water partition coefficient (Wildman–Crippen LogP) is 6.80. The molecule has 10 heteroatoms. The van der Waals surface area contributed by atoms with E-state index in [0.29, 0.717) is 42.4 Å². The van der Waals surface area contributed by atoms with Gasteiger partial charge in [-0.25, -0.2) is 8.42 Å². The fourth-order valence-corrected chi connectivity index (χ4v) is 6.08. The highest BCUT2D eigenvalue weighted by molar-refractivity contribution is 7.92. The number of aryl methyl sites for hydroxylation is 1. The maximum Gasteiger partial charge on any atom is 0.416 e. The van der Waals surface area contributed by atoms with Crippen molar-refractivity contribution in [2.45, 2.75) is 44.7 Å². The van der Waals surface area contributed by atoms with Gasteiger partial charge in [-0.1, -0.05) is 39.0 Å². The minimum atomic E-state index is -4.69. The SMILES string of the molecule is CCc1ccc(NC(=O)c2ccc(N3C[C@H](C)C[C@@H](C)C3)c(NS(=O)(=O)c3cccc(C(F)(F)F)c3)c2)cc1. The molecule has 0 unspecified atom stereocenters. The largest absolute Gasteiger partial charge is 0.416 e. The molecule has 1 aliphatic rings. The number of halogens is 3. The Hall–Kier alpha value is -3.53. The highest BCUT2D eigenvalue weighted by atomic mass is 32.2. The minimum Gasteiger partial charge on any atom is -0.369 e. The quantitative estimate of drug-likeness (QED) is 0.334. The van der Waals surface area contributed by atoms with Gasteiger partial charge in [-0.3, -0.25) is 9.52 Å². The number of piperidine rings is 1. The summed E-state index contributed by atoms with van der Waals surface area (Å²) in [5.74, 6) is 0.275. The van der Waals surface area contributed by atoms with Crippen molar-refractivity contribution in [3.63, 3.8) is 0 Å². The zero-order valence-corrected chi connectivity index (χ0v) is 22.9. The van der Waals surface area contributed by atoms with Crippen molar-refractivity contribution < 1.29 is 26.4 Å². The fourth-order valence-electron chi connectivity index (χ4n) is 4.96. The lowest BCUT2D eigenvalue weighted by atomic mass is 9.91. The molecule has 0 radical (unpaired) electrons. The second-order valence-electron chi connectivity index (χ2n) is 10.2. The van der Waals surface area contributed by atoms with Crippen LogP contribution in [-0.4, -0.2) is 27.4 Å². The molecule has 3 aromatic rings. The smallest absolute Gasteiger partial charge is 0.369 e. The molecule has 208 valence electrons. The average molecular weight is 560 g/mol. The van der Waals surface area contributed by atoms with Crippen LogP contribution in [0.5, 0.6) is 0 Å². The van der Waals surface area contributed by atoms with Crippen LogP contribution in [0.3, 0.4) is 0 Å². The molecule has 0 aromatic heterocycles. The molecule has 1 heterocycles. The van der Waals surface area contributed by atoms with E-state index >= 15 is 0 Å². The van der Waals surface area contributed by atoms with Crippen molar-refractivity contribution in [3.05, 3.63) is 83.4 Å². The van der Waals surface area contributed by atoms with Gasteiger partial charge in [-0.15, -0.1) is 0 Å². The Kier molecular flexibility index (Phi) is 8.25. The molecule has 1 fully saturated rings. The van der Waals surface area contributed by atoms with E-state index in [9.17, 15) is 26.4 Å². The molecular weight excluding hydrogens is 527 g/mol. The molecule has 3 aromatic carbocycles. The first-order valence-corrected chi connectivity index (χ1v) is 14.3. The predicted molar refractivity (Wildman–Crippen MR) is 148 cm³/mol. The van der Waals surface area contributed by atoms with E-state index in [2.05, 4.69) is 23.9 Å². The van der Waals surface area contributed by atoms with E-state index in [4.69, 9.17) is 0 Å². The first kappa shape index (κ1) is 28.5. The van der Waals surface area contributed by atoms with Crippen LogP contribution in [0.15, 0.2) is 71.6 Å². The van der Waals surface area contributed by atoms with Crippen LogP contribution >= 0.6 is 0 Å². The summed E-state index contributed by atoms with van der Waals surface area (Å²) in [5.41, 5.74) is 1.54. The van der Waals surface area contributed by atoms with E-state index in [1.807, 2.05) is 24.0 Å². The summed E-state index contributed by atoms with van der Waals surface area (Å²) in [4.78, 5) is 14.6. The zero-order chi connectivity index (χ0) is 28.4. The van der Waals surface area contributed by atoms with Crippen LogP contribution in [0, 0.1) is 11.8 Å². The van der Waals surface area contributed by atoms with Crippen LogP contribution < -0.4 is 14.9 Å². The molecule has 6 nitrogen and oxygen atoms in total. The number of hydrogen-bond acceptors (Lipinski definition) is 4. The number of hydrogen-bond donors (Lipinski definition) is 2. The number of carbonyl (C=O) groups excluding carboxylic acids is 1. The van der Waals surface area contributed by atoms with Gasteiger partial charge in [0.2, 0.25) is 0 Å². The van der Waals surface area contributed by atoms with Crippen molar-refractivity contribution in [1.82, 2.24) is 0 Å². The molecule has 39 heavy (non-hydrogen) atoms. The Morgan fingerprint density at radius 2 is 1.64 bits per heavy atom. The lowest BCUT2D eigenvalue weighted by molar-refractivity contribution is -0.137. The van der Waals surface area contributed by atoms with Crippen molar-refractivity contribution in [2.24, 2.45) is 11.8 Å². The highest BCUT2D eigenvalue weighted by Crippen LogP contribution is 2.35. The van der Waals surface area contributed by atoms with E-state index in [-0.39, 0.29) is 11.3 Å².